The van der Waals surface area contributed by atoms with Crippen LogP contribution in [0, 0.1) is 5.82 Å². The van der Waals surface area contributed by atoms with Crippen molar-refractivity contribution in [3.63, 3.8) is 0 Å². The molecule has 0 atom stereocenters. The van der Waals surface area contributed by atoms with Gasteiger partial charge in [0.2, 0.25) is 5.91 Å². The summed E-state index contributed by atoms with van der Waals surface area (Å²) in [4.78, 5) is 23.3. The summed E-state index contributed by atoms with van der Waals surface area (Å²) in [5.74, 6) is -0.992. The molecule has 0 aromatic heterocycles. The average Bonchev–Trinajstić information content (AvgIpc) is 2.56. The summed E-state index contributed by atoms with van der Waals surface area (Å²) in [6, 6.07) is 10.6. The van der Waals surface area contributed by atoms with Crippen molar-refractivity contribution >= 4 is 34.8 Å². The van der Waals surface area contributed by atoms with Gasteiger partial charge in [0.15, 0.2) is 0 Å². The summed E-state index contributed by atoms with van der Waals surface area (Å²) in [5.41, 5.74) is 1.62. The van der Waals surface area contributed by atoms with Crippen LogP contribution in [-0.4, -0.2) is 25.4 Å². The lowest BCUT2D eigenvalue weighted by Gasteiger charge is -2.09. The van der Waals surface area contributed by atoms with E-state index in [9.17, 15) is 14.0 Å². The minimum absolute atomic E-state index is 0.000835. The number of nitrogens with one attached hydrogen (secondary N) is 3. The van der Waals surface area contributed by atoms with Crippen LogP contribution >= 0.6 is 11.6 Å². The Morgan fingerprint density at radius 2 is 1.74 bits per heavy atom. The molecular formula is C16H15ClFN3O2. The molecule has 0 fully saturated rings. The van der Waals surface area contributed by atoms with E-state index in [4.69, 9.17) is 11.6 Å². The third kappa shape index (κ3) is 4.69. The summed E-state index contributed by atoms with van der Waals surface area (Å²) in [7, 11) is 1.55. The highest BCUT2D eigenvalue weighted by atomic mass is 35.5. The lowest BCUT2D eigenvalue weighted by atomic mass is 10.2. The maximum atomic E-state index is 13.0. The summed E-state index contributed by atoms with van der Waals surface area (Å²) < 4.78 is 13.0. The maximum Gasteiger partial charge on any atom is 0.251 e. The molecule has 0 saturated heterocycles. The first-order chi connectivity index (χ1) is 11.0. The van der Waals surface area contributed by atoms with E-state index in [0.29, 0.717) is 16.9 Å². The zero-order chi connectivity index (χ0) is 16.8. The van der Waals surface area contributed by atoms with Crippen LogP contribution in [0.25, 0.3) is 0 Å². The van der Waals surface area contributed by atoms with Crippen LogP contribution in [-0.2, 0) is 4.79 Å². The van der Waals surface area contributed by atoms with Gasteiger partial charge in [0.05, 0.1) is 11.6 Å². The Balaban J connectivity index is 1.89. The van der Waals surface area contributed by atoms with Gasteiger partial charge in [-0.05, 0) is 42.5 Å². The number of hydrogen-bond donors (Lipinski definition) is 3. The second-order valence-electron chi connectivity index (χ2n) is 4.69. The Kier molecular flexibility index (Phi) is 5.54. The Labute approximate surface area is 137 Å². The molecule has 2 aromatic carbocycles. The number of carbonyl (C=O) groups excluding carboxylic acids is 2. The van der Waals surface area contributed by atoms with Crippen LogP contribution < -0.4 is 16.0 Å². The highest BCUT2D eigenvalue weighted by Crippen LogP contribution is 2.19. The van der Waals surface area contributed by atoms with Gasteiger partial charge in [-0.1, -0.05) is 11.6 Å². The second-order valence-corrected chi connectivity index (χ2v) is 5.09. The van der Waals surface area contributed by atoms with Crippen LogP contribution in [0.1, 0.15) is 10.4 Å². The number of halogens is 2. The smallest absolute Gasteiger partial charge is 0.251 e. The molecule has 0 radical (unpaired) electrons. The van der Waals surface area contributed by atoms with Crippen LogP contribution in [0.5, 0.6) is 0 Å². The molecule has 5 nitrogen and oxygen atoms in total. The molecular weight excluding hydrogens is 321 g/mol. The molecule has 120 valence electrons. The predicted octanol–water partition coefficient (Wildman–Crippen LogP) is 2.89. The Morgan fingerprint density at radius 1 is 1.09 bits per heavy atom. The number of amides is 2. The van der Waals surface area contributed by atoms with Crippen LogP contribution in [0.3, 0.4) is 0 Å². The van der Waals surface area contributed by atoms with Crippen molar-refractivity contribution < 1.29 is 14.0 Å². The molecule has 0 heterocycles. The van der Waals surface area contributed by atoms with E-state index in [1.165, 1.54) is 18.2 Å². The van der Waals surface area contributed by atoms with E-state index >= 15 is 0 Å². The number of benzene rings is 2. The quantitative estimate of drug-likeness (QED) is 0.787. The minimum Gasteiger partial charge on any atom is -0.376 e. The largest absolute Gasteiger partial charge is 0.376 e. The highest BCUT2D eigenvalue weighted by molar-refractivity contribution is 6.31. The third-order valence-electron chi connectivity index (χ3n) is 3.03. The van der Waals surface area contributed by atoms with Crippen molar-refractivity contribution in [1.29, 1.82) is 0 Å². The Bertz CT molecular complexity index is 720. The molecule has 3 N–H and O–H groups in total. The van der Waals surface area contributed by atoms with Gasteiger partial charge in [-0.15, -0.1) is 0 Å². The number of hydrogen-bond acceptors (Lipinski definition) is 3. The van der Waals surface area contributed by atoms with Crippen molar-refractivity contribution in [2.45, 2.75) is 0 Å². The highest BCUT2D eigenvalue weighted by Gasteiger charge is 2.06. The van der Waals surface area contributed by atoms with Crippen LogP contribution in [0.4, 0.5) is 15.8 Å². The van der Waals surface area contributed by atoms with Gasteiger partial charge in [0, 0.05) is 24.0 Å². The summed E-state index contributed by atoms with van der Waals surface area (Å²) in [6.45, 7) is -0.000835. The van der Waals surface area contributed by atoms with Crippen molar-refractivity contribution in [3.8, 4) is 0 Å². The SMILES string of the molecule is CNC(=O)c1ccc(NC(=O)CNc2ccc(F)c(Cl)c2)cc1. The fourth-order valence-corrected chi connectivity index (χ4v) is 2.02. The molecule has 0 aliphatic rings. The fourth-order valence-electron chi connectivity index (χ4n) is 1.84. The molecule has 2 amide bonds. The van der Waals surface area contributed by atoms with E-state index in [1.807, 2.05) is 0 Å². The van der Waals surface area contributed by atoms with E-state index in [-0.39, 0.29) is 23.4 Å². The standard InChI is InChI=1S/C16H15ClFN3O2/c1-19-16(23)10-2-4-11(5-3-10)21-15(22)9-20-12-6-7-14(18)13(17)8-12/h2-8,20H,9H2,1H3,(H,19,23)(H,21,22). The predicted molar refractivity (Wildman–Crippen MR) is 88.4 cm³/mol. The summed E-state index contributed by atoms with van der Waals surface area (Å²) in [6.07, 6.45) is 0. The lowest BCUT2D eigenvalue weighted by molar-refractivity contribution is -0.114. The van der Waals surface area contributed by atoms with Gasteiger partial charge in [-0.25, -0.2) is 4.39 Å². The first-order valence-electron chi connectivity index (χ1n) is 6.80. The van der Waals surface area contributed by atoms with Crippen molar-refractivity contribution in [1.82, 2.24) is 5.32 Å². The fraction of sp³-hybridized carbons (Fsp3) is 0.125. The van der Waals surface area contributed by atoms with E-state index in [0.717, 1.165) is 0 Å². The average molecular weight is 336 g/mol. The van der Waals surface area contributed by atoms with Gasteiger partial charge in [-0.2, -0.15) is 0 Å². The van der Waals surface area contributed by atoms with Crippen LogP contribution in [0.15, 0.2) is 42.5 Å². The molecule has 0 aliphatic carbocycles. The zero-order valence-electron chi connectivity index (χ0n) is 12.3. The van der Waals surface area contributed by atoms with Gasteiger partial charge in [0.1, 0.15) is 5.82 Å². The first kappa shape index (κ1) is 16.8. The topological polar surface area (TPSA) is 70.2 Å². The molecule has 0 unspecified atom stereocenters. The second kappa shape index (κ2) is 7.60. The van der Waals surface area contributed by atoms with Gasteiger partial charge in [-0.3, -0.25) is 9.59 Å². The van der Waals surface area contributed by atoms with E-state index in [1.54, 1.807) is 31.3 Å². The Hall–Kier alpha value is -2.60. The molecule has 0 aliphatic heterocycles. The molecule has 23 heavy (non-hydrogen) atoms. The lowest BCUT2D eigenvalue weighted by Crippen LogP contribution is -2.22. The Morgan fingerprint density at radius 3 is 2.35 bits per heavy atom. The monoisotopic (exact) mass is 335 g/mol. The minimum atomic E-state index is -0.516. The molecule has 2 aromatic rings. The molecule has 0 bridgehead atoms. The van der Waals surface area contributed by atoms with Crippen molar-refractivity contribution in [2.75, 3.05) is 24.2 Å². The van der Waals surface area contributed by atoms with Crippen molar-refractivity contribution in [2.24, 2.45) is 0 Å². The molecule has 0 spiro atoms. The molecule has 0 saturated carbocycles. The molecule has 7 heteroatoms. The van der Waals surface area contributed by atoms with Crippen molar-refractivity contribution in [3.05, 3.63) is 58.9 Å². The number of carbonyl (C=O) groups is 2. The van der Waals surface area contributed by atoms with Crippen LogP contribution in [0.2, 0.25) is 5.02 Å². The summed E-state index contributed by atoms with van der Waals surface area (Å²) in [5, 5.41) is 8.03. The number of rotatable bonds is 5. The first-order valence-corrected chi connectivity index (χ1v) is 7.18. The normalized spacial score (nSPS) is 10.0. The molecule has 2 rings (SSSR count). The summed E-state index contributed by atoms with van der Waals surface area (Å²) >= 11 is 5.66. The van der Waals surface area contributed by atoms with Gasteiger partial charge >= 0.3 is 0 Å². The zero-order valence-corrected chi connectivity index (χ0v) is 13.1. The third-order valence-corrected chi connectivity index (χ3v) is 3.32. The number of anilines is 2. The van der Waals surface area contributed by atoms with Gasteiger partial charge in [0.25, 0.3) is 5.91 Å². The van der Waals surface area contributed by atoms with E-state index < -0.39 is 5.82 Å². The van der Waals surface area contributed by atoms with Gasteiger partial charge < -0.3 is 16.0 Å². The maximum absolute atomic E-state index is 13.0. The van der Waals surface area contributed by atoms with E-state index in [2.05, 4.69) is 16.0 Å².